The summed E-state index contributed by atoms with van der Waals surface area (Å²) in [5.74, 6) is 0.798. The second-order valence-corrected chi connectivity index (χ2v) is 5.43. The van der Waals surface area contributed by atoms with Crippen molar-refractivity contribution in [2.75, 3.05) is 6.61 Å². The molecular formula is C15H21NO2. The van der Waals surface area contributed by atoms with Gasteiger partial charge < -0.3 is 9.84 Å². The summed E-state index contributed by atoms with van der Waals surface area (Å²) in [5, 5.41) is 17.8. The van der Waals surface area contributed by atoms with Crippen LogP contribution in [0.3, 0.4) is 0 Å². The molecule has 1 unspecified atom stereocenters. The molecule has 0 saturated heterocycles. The van der Waals surface area contributed by atoms with Gasteiger partial charge >= 0.3 is 0 Å². The predicted molar refractivity (Wildman–Crippen MR) is 71.5 cm³/mol. The lowest BCUT2D eigenvalue weighted by Crippen LogP contribution is -2.12. The minimum Gasteiger partial charge on any atom is -0.493 e. The first-order valence-corrected chi connectivity index (χ1v) is 6.22. The molecule has 0 bridgehead atoms. The van der Waals surface area contributed by atoms with E-state index in [2.05, 4.69) is 32.9 Å². The highest BCUT2D eigenvalue weighted by atomic mass is 16.5. The Morgan fingerprint density at radius 2 is 1.89 bits per heavy atom. The predicted octanol–water partition coefficient (Wildman–Crippen LogP) is 3.03. The van der Waals surface area contributed by atoms with Crippen LogP contribution >= 0.6 is 0 Å². The van der Waals surface area contributed by atoms with Crippen LogP contribution in [0.1, 0.15) is 39.2 Å². The number of aliphatic hydroxyl groups is 1. The summed E-state index contributed by atoms with van der Waals surface area (Å²) in [7, 11) is 0. The van der Waals surface area contributed by atoms with E-state index in [4.69, 9.17) is 10.00 Å². The minimum absolute atomic E-state index is 0.140. The van der Waals surface area contributed by atoms with Crippen molar-refractivity contribution in [1.82, 2.24) is 0 Å². The van der Waals surface area contributed by atoms with Crippen molar-refractivity contribution in [2.45, 2.75) is 45.1 Å². The smallest absolute Gasteiger partial charge is 0.119 e. The first kappa shape index (κ1) is 14.5. The number of benzene rings is 1. The van der Waals surface area contributed by atoms with Crippen molar-refractivity contribution < 1.29 is 9.84 Å². The van der Waals surface area contributed by atoms with Crippen LogP contribution in [0.25, 0.3) is 0 Å². The van der Waals surface area contributed by atoms with Crippen molar-refractivity contribution in [3.05, 3.63) is 29.8 Å². The molecule has 3 heteroatoms. The van der Waals surface area contributed by atoms with Crippen LogP contribution in [-0.4, -0.2) is 17.8 Å². The zero-order chi connectivity index (χ0) is 13.6. The van der Waals surface area contributed by atoms with E-state index in [-0.39, 0.29) is 11.8 Å². The summed E-state index contributed by atoms with van der Waals surface area (Å²) in [6, 6.07) is 9.93. The summed E-state index contributed by atoms with van der Waals surface area (Å²) in [5.41, 5.74) is 1.40. The third-order valence-corrected chi connectivity index (χ3v) is 2.77. The quantitative estimate of drug-likeness (QED) is 0.870. The fraction of sp³-hybridized carbons (Fsp3) is 0.533. The molecule has 1 rings (SSSR count). The van der Waals surface area contributed by atoms with Crippen LogP contribution in [0, 0.1) is 11.3 Å². The molecule has 0 aliphatic carbocycles. The van der Waals surface area contributed by atoms with E-state index < -0.39 is 6.10 Å². The number of aliphatic hydroxyl groups excluding tert-OH is 1. The highest BCUT2D eigenvalue weighted by Crippen LogP contribution is 2.24. The molecular weight excluding hydrogens is 226 g/mol. The molecule has 1 N–H and O–H groups in total. The van der Waals surface area contributed by atoms with Crippen LogP contribution in [-0.2, 0) is 5.41 Å². The zero-order valence-electron chi connectivity index (χ0n) is 11.3. The fourth-order valence-corrected chi connectivity index (χ4v) is 1.57. The number of nitriles is 1. The van der Waals surface area contributed by atoms with E-state index in [1.54, 1.807) is 0 Å². The molecule has 1 aromatic carbocycles. The normalized spacial score (nSPS) is 12.8. The minimum atomic E-state index is -0.594. The maximum atomic E-state index is 9.38. The maximum absolute atomic E-state index is 9.38. The van der Waals surface area contributed by atoms with E-state index in [0.717, 1.165) is 5.75 Å². The molecule has 0 aromatic heterocycles. The van der Waals surface area contributed by atoms with Gasteiger partial charge in [-0.1, -0.05) is 32.9 Å². The third-order valence-electron chi connectivity index (χ3n) is 2.77. The van der Waals surface area contributed by atoms with Crippen molar-refractivity contribution in [1.29, 1.82) is 5.26 Å². The van der Waals surface area contributed by atoms with E-state index in [1.807, 2.05) is 18.2 Å². The Morgan fingerprint density at radius 1 is 1.28 bits per heavy atom. The number of rotatable bonds is 5. The molecule has 0 spiro atoms. The summed E-state index contributed by atoms with van der Waals surface area (Å²) >= 11 is 0. The first-order chi connectivity index (χ1) is 8.43. The number of hydrogen-bond donors (Lipinski definition) is 1. The van der Waals surface area contributed by atoms with Crippen LogP contribution in [0.15, 0.2) is 24.3 Å². The molecule has 1 atom stereocenters. The number of nitrogens with zero attached hydrogens (tertiary/aromatic N) is 1. The summed E-state index contributed by atoms with van der Waals surface area (Å²) in [6.45, 7) is 6.93. The number of hydrogen-bond acceptors (Lipinski definition) is 3. The topological polar surface area (TPSA) is 53.2 Å². The number of ether oxygens (including phenoxy) is 1. The maximum Gasteiger partial charge on any atom is 0.119 e. The van der Waals surface area contributed by atoms with Crippen LogP contribution in [0.4, 0.5) is 0 Å². The Hall–Kier alpha value is -1.53. The highest BCUT2D eigenvalue weighted by molar-refractivity contribution is 5.31. The summed E-state index contributed by atoms with van der Waals surface area (Å²) < 4.78 is 5.52. The lowest BCUT2D eigenvalue weighted by molar-refractivity contribution is 0.143. The molecule has 0 saturated carbocycles. The average molecular weight is 247 g/mol. The molecule has 3 nitrogen and oxygen atoms in total. The van der Waals surface area contributed by atoms with E-state index in [9.17, 15) is 5.11 Å². The van der Waals surface area contributed by atoms with E-state index in [0.29, 0.717) is 13.0 Å². The Balaban J connectivity index is 2.43. The van der Waals surface area contributed by atoms with Crippen LogP contribution in [0.2, 0.25) is 0 Å². The standard InChI is InChI=1S/C15H21NO2/c1-15(2,3)12-4-6-14(7-5-12)18-11-9-13(17)8-10-16/h4-7,13,17H,8-9,11H2,1-3H3. The van der Waals surface area contributed by atoms with Gasteiger partial charge in [0, 0.05) is 6.42 Å². The molecule has 0 aliphatic rings. The van der Waals surface area contributed by atoms with Crippen LogP contribution in [0.5, 0.6) is 5.75 Å². The van der Waals surface area contributed by atoms with Gasteiger partial charge in [-0.15, -0.1) is 0 Å². The summed E-state index contributed by atoms with van der Waals surface area (Å²) in [6.07, 6.45) is 0.0461. The molecule has 0 radical (unpaired) electrons. The third kappa shape index (κ3) is 4.77. The molecule has 18 heavy (non-hydrogen) atoms. The Kier molecular flexibility index (Phi) is 5.18. The average Bonchev–Trinajstić information content (AvgIpc) is 2.29. The van der Waals surface area contributed by atoms with Crippen molar-refractivity contribution in [2.24, 2.45) is 0 Å². The van der Waals surface area contributed by atoms with Gasteiger partial charge in [0.2, 0.25) is 0 Å². The van der Waals surface area contributed by atoms with Crippen LogP contribution < -0.4 is 4.74 Å². The molecule has 1 aromatic rings. The molecule has 0 heterocycles. The van der Waals surface area contributed by atoms with Crippen molar-refractivity contribution in [3.8, 4) is 11.8 Å². The van der Waals surface area contributed by atoms with Gasteiger partial charge in [0.15, 0.2) is 0 Å². The summed E-state index contributed by atoms with van der Waals surface area (Å²) in [4.78, 5) is 0. The fourth-order valence-electron chi connectivity index (χ4n) is 1.57. The Morgan fingerprint density at radius 3 is 2.39 bits per heavy atom. The Labute approximate surface area is 109 Å². The second kappa shape index (κ2) is 6.42. The molecule has 0 aliphatic heterocycles. The lowest BCUT2D eigenvalue weighted by atomic mass is 9.87. The highest BCUT2D eigenvalue weighted by Gasteiger charge is 2.13. The van der Waals surface area contributed by atoms with Gasteiger partial charge in [-0.2, -0.15) is 5.26 Å². The van der Waals surface area contributed by atoms with E-state index >= 15 is 0 Å². The molecule has 98 valence electrons. The van der Waals surface area contributed by atoms with Gasteiger partial charge in [-0.3, -0.25) is 0 Å². The first-order valence-electron chi connectivity index (χ1n) is 6.22. The van der Waals surface area contributed by atoms with Crippen molar-refractivity contribution in [3.63, 3.8) is 0 Å². The zero-order valence-corrected chi connectivity index (χ0v) is 11.3. The van der Waals surface area contributed by atoms with Gasteiger partial charge in [0.05, 0.1) is 25.2 Å². The van der Waals surface area contributed by atoms with Gasteiger partial charge in [0.1, 0.15) is 5.75 Å². The monoisotopic (exact) mass is 247 g/mol. The lowest BCUT2D eigenvalue weighted by Gasteiger charge is -2.19. The molecule has 0 amide bonds. The largest absolute Gasteiger partial charge is 0.493 e. The SMILES string of the molecule is CC(C)(C)c1ccc(OCCC(O)CC#N)cc1. The van der Waals surface area contributed by atoms with Gasteiger partial charge in [-0.05, 0) is 23.1 Å². The Bertz CT molecular complexity index is 398. The second-order valence-electron chi connectivity index (χ2n) is 5.43. The van der Waals surface area contributed by atoms with Gasteiger partial charge in [0.25, 0.3) is 0 Å². The van der Waals surface area contributed by atoms with Crippen molar-refractivity contribution >= 4 is 0 Å². The van der Waals surface area contributed by atoms with Gasteiger partial charge in [-0.25, -0.2) is 0 Å². The molecule has 0 fully saturated rings. The van der Waals surface area contributed by atoms with E-state index in [1.165, 1.54) is 5.56 Å².